The molecule has 6 heteroatoms. The van der Waals surface area contributed by atoms with Gasteiger partial charge in [-0.2, -0.15) is 0 Å². The molecule has 3 rings (SSSR count). The summed E-state index contributed by atoms with van der Waals surface area (Å²) in [6.45, 7) is 4.17. The van der Waals surface area contributed by atoms with Crippen LogP contribution in [0.15, 0.2) is 24.3 Å². The molecule has 0 radical (unpaired) electrons. The first kappa shape index (κ1) is 13.6. The number of nitrogens with two attached hydrogens (primary N) is 1. The number of hydrogen-bond donors (Lipinski definition) is 2. The third-order valence-electron chi connectivity index (χ3n) is 3.60. The Morgan fingerprint density at radius 2 is 2.10 bits per heavy atom. The van der Waals surface area contributed by atoms with E-state index in [-0.39, 0.29) is 0 Å². The largest absolute Gasteiger partial charge is 0.399 e. The first-order valence-corrected chi connectivity index (χ1v) is 7.27. The smallest absolute Gasteiger partial charge is 0.151 e. The molecular formula is C15H20N6. The fourth-order valence-electron chi connectivity index (χ4n) is 2.56. The Kier molecular flexibility index (Phi) is 3.60. The molecule has 0 aliphatic carbocycles. The fourth-order valence-corrected chi connectivity index (χ4v) is 2.56. The molecule has 0 aliphatic rings. The average Bonchev–Trinajstić information content (AvgIpc) is 3.04. The van der Waals surface area contributed by atoms with E-state index in [0.717, 1.165) is 41.7 Å². The SMILES string of the molecule is CC(C)n1nnnc1CCCc1cc2cc(N)ccc2[nH]1. The number of nitrogens with one attached hydrogen (secondary N) is 1. The van der Waals surface area contributed by atoms with Crippen molar-refractivity contribution < 1.29 is 0 Å². The lowest BCUT2D eigenvalue weighted by Crippen LogP contribution is -2.08. The summed E-state index contributed by atoms with van der Waals surface area (Å²) in [6.07, 6.45) is 2.86. The Morgan fingerprint density at radius 1 is 1.24 bits per heavy atom. The van der Waals surface area contributed by atoms with E-state index in [1.54, 1.807) is 0 Å². The van der Waals surface area contributed by atoms with Crippen LogP contribution in [-0.4, -0.2) is 25.2 Å². The van der Waals surface area contributed by atoms with Crippen molar-refractivity contribution in [3.8, 4) is 0 Å². The van der Waals surface area contributed by atoms with Crippen LogP contribution in [0.5, 0.6) is 0 Å². The summed E-state index contributed by atoms with van der Waals surface area (Å²) < 4.78 is 1.88. The highest BCUT2D eigenvalue weighted by Crippen LogP contribution is 2.19. The maximum absolute atomic E-state index is 5.80. The summed E-state index contributed by atoms with van der Waals surface area (Å²) in [6, 6.07) is 8.39. The molecule has 2 heterocycles. The van der Waals surface area contributed by atoms with Crippen LogP contribution in [-0.2, 0) is 12.8 Å². The number of anilines is 1. The third-order valence-corrected chi connectivity index (χ3v) is 3.60. The van der Waals surface area contributed by atoms with Gasteiger partial charge in [-0.1, -0.05) is 0 Å². The highest BCUT2D eigenvalue weighted by molar-refractivity contribution is 5.83. The van der Waals surface area contributed by atoms with E-state index in [4.69, 9.17) is 5.73 Å². The van der Waals surface area contributed by atoms with Crippen LogP contribution in [0.4, 0.5) is 5.69 Å². The van der Waals surface area contributed by atoms with E-state index < -0.39 is 0 Å². The van der Waals surface area contributed by atoms with Gasteiger partial charge < -0.3 is 10.7 Å². The molecule has 2 aromatic heterocycles. The number of rotatable bonds is 5. The second-order valence-corrected chi connectivity index (χ2v) is 5.63. The summed E-state index contributed by atoms with van der Waals surface area (Å²) in [5.74, 6) is 0.949. The van der Waals surface area contributed by atoms with E-state index >= 15 is 0 Å². The van der Waals surface area contributed by atoms with Crippen molar-refractivity contribution in [2.75, 3.05) is 5.73 Å². The van der Waals surface area contributed by atoms with Crippen molar-refractivity contribution in [2.24, 2.45) is 0 Å². The summed E-state index contributed by atoms with van der Waals surface area (Å²) in [5, 5.41) is 13.0. The van der Waals surface area contributed by atoms with Gasteiger partial charge in [0.1, 0.15) is 0 Å². The molecule has 0 saturated carbocycles. The molecule has 0 amide bonds. The highest BCUT2D eigenvalue weighted by Gasteiger charge is 2.09. The van der Waals surface area contributed by atoms with E-state index in [0.29, 0.717) is 6.04 Å². The molecule has 0 atom stereocenters. The summed E-state index contributed by atoms with van der Waals surface area (Å²) >= 11 is 0. The summed E-state index contributed by atoms with van der Waals surface area (Å²) in [4.78, 5) is 3.43. The van der Waals surface area contributed by atoms with Crippen LogP contribution in [0.1, 0.15) is 37.8 Å². The Balaban J connectivity index is 1.65. The maximum atomic E-state index is 5.80. The van der Waals surface area contributed by atoms with Gasteiger partial charge in [-0.3, -0.25) is 0 Å². The van der Waals surface area contributed by atoms with Gasteiger partial charge in [0.15, 0.2) is 5.82 Å². The van der Waals surface area contributed by atoms with Crippen molar-refractivity contribution in [1.82, 2.24) is 25.2 Å². The van der Waals surface area contributed by atoms with Crippen LogP contribution in [0.2, 0.25) is 0 Å². The van der Waals surface area contributed by atoms with Gasteiger partial charge in [-0.05, 0) is 61.4 Å². The van der Waals surface area contributed by atoms with Crippen LogP contribution in [0.25, 0.3) is 10.9 Å². The minimum Gasteiger partial charge on any atom is -0.399 e. The molecule has 6 nitrogen and oxygen atoms in total. The number of aromatic amines is 1. The Labute approximate surface area is 123 Å². The van der Waals surface area contributed by atoms with E-state index in [1.165, 1.54) is 5.69 Å². The van der Waals surface area contributed by atoms with E-state index in [1.807, 2.05) is 22.9 Å². The zero-order chi connectivity index (χ0) is 14.8. The molecule has 21 heavy (non-hydrogen) atoms. The number of hydrogen-bond acceptors (Lipinski definition) is 4. The number of aromatic nitrogens is 5. The highest BCUT2D eigenvalue weighted by atomic mass is 15.5. The number of tetrazole rings is 1. The minimum absolute atomic E-state index is 0.297. The normalized spacial score (nSPS) is 11.6. The Morgan fingerprint density at radius 3 is 2.90 bits per heavy atom. The molecule has 110 valence electrons. The minimum atomic E-state index is 0.297. The van der Waals surface area contributed by atoms with Crippen molar-refractivity contribution in [3.63, 3.8) is 0 Å². The second kappa shape index (κ2) is 5.55. The van der Waals surface area contributed by atoms with Gasteiger partial charge in [0.2, 0.25) is 0 Å². The standard InChI is InChI=1S/C15H20N6/c1-10(2)21-15(18-19-20-21)5-3-4-13-9-11-8-12(16)6-7-14(11)17-13/h6-10,17H,3-5,16H2,1-2H3. The predicted molar refractivity (Wildman–Crippen MR) is 82.9 cm³/mol. The lowest BCUT2D eigenvalue weighted by atomic mass is 10.1. The fraction of sp³-hybridized carbons (Fsp3) is 0.400. The van der Waals surface area contributed by atoms with Gasteiger partial charge in [0.05, 0.1) is 6.04 Å². The summed E-state index contributed by atoms with van der Waals surface area (Å²) in [5.41, 5.74) is 8.95. The second-order valence-electron chi connectivity index (χ2n) is 5.63. The van der Waals surface area contributed by atoms with Gasteiger partial charge >= 0.3 is 0 Å². The van der Waals surface area contributed by atoms with Gasteiger partial charge in [-0.15, -0.1) is 5.10 Å². The number of nitrogen functional groups attached to an aromatic ring is 1. The molecule has 1 aromatic carbocycles. The first-order valence-electron chi connectivity index (χ1n) is 7.27. The number of nitrogens with zero attached hydrogens (tertiary/aromatic N) is 4. The van der Waals surface area contributed by atoms with Gasteiger partial charge in [-0.25, -0.2) is 4.68 Å². The predicted octanol–water partition coefficient (Wildman–Crippen LogP) is 2.49. The molecule has 3 N–H and O–H groups in total. The lowest BCUT2D eigenvalue weighted by molar-refractivity contribution is 0.490. The zero-order valence-electron chi connectivity index (χ0n) is 12.4. The van der Waals surface area contributed by atoms with Gasteiger partial charge in [0, 0.05) is 28.7 Å². The van der Waals surface area contributed by atoms with Crippen LogP contribution in [0, 0.1) is 0 Å². The molecule has 0 aliphatic heterocycles. The van der Waals surface area contributed by atoms with Crippen molar-refractivity contribution in [2.45, 2.75) is 39.2 Å². The van der Waals surface area contributed by atoms with E-state index in [9.17, 15) is 0 Å². The Hall–Kier alpha value is -2.37. The van der Waals surface area contributed by atoms with Crippen LogP contribution >= 0.6 is 0 Å². The number of H-pyrrole nitrogens is 1. The van der Waals surface area contributed by atoms with Crippen molar-refractivity contribution in [3.05, 3.63) is 35.8 Å². The van der Waals surface area contributed by atoms with Crippen molar-refractivity contribution >= 4 is 16.6 Å². The average molecular weight is 284 g/mol. The molecule has 0 unspecified atom stereocenters. The topological polar surface area (TPSA) is 85.4 Å². The third kappa shape index (κ3) is 2.89. The molecular weight excluding hydrogens is 264 g/mol. The van der Waals surface area contributed by atoms with Crippen LogP contribution < -0.4 is 5.73 Å². The van der Waals surface area contributed by atoms with Crippen molar-refractivity contribution in [1.29, 1.82) is 0 Å². The van der Waals surface area contributed by atoms with E-state index in [2.05, 4.69) is 40.4 Å². The maximum Gasteiger partial charge on any atom is 0.151 e. The number of fused-ring (bicyclic) bond motifs is 1. The molecule has 0 fully saturated rings. The monoisotopic (exact) mass is 284 g/mol. The molecule has 0 bridgehead atoms. The molecule has 0 saturated heterocycles. The van der Waals surface area contributed by atoms with Gasteiger partial charge in [0.25, 0.3) is 0 Å². The van der Waals surface area contributed by atoms with Crippen LogP contribution in [0.3, 0.4) is 0 Å². The zero-order valence-corrected chi connectivity index (χ0v) is 12.4. The quantitative estimate of drug-likeness (QED) is 0.705. The number of aryl methyl sites for hydroxylation is 2. The Bertz CT molecular complexity index is 740. The first-order chi connectivity index (χ1) is 10.1. The molecule has 0 spiro atoms. The summed E-state index contributed by atoms with van der Waals surface area (Å²) in [7, 11) is 0. The lowest BCUT2D eigenvalue weighted by Gasteiger charge is -2.06. The molecule has 3 aromatic rings. The number of benzene rings is 1.